The monoisotopic (exact) mass is 542 g/mol. The number of rotatable bonds is 7. The first-order valence-corrected chi connectivity index (χ1v) is 14.0. The van der Waals surface area contributed by atoms with Gasteiger partial charge in [0.2, 0.25) is 11.8 Å². The molecule has 214 valence electrons. The summed E-state index contributed by atoms with van der Waals surface area (Å²) in [7, 11) is 3.86. The highest BCUT2D eigenvalue weighted by Gasteiger charge is 2.40. The molecule has 11 heteroatoms. The quantitative estimate of drug-likeness (QED) is 0.534. The fourth-order valence-corrected chi connectivity index (χ4v) is 5.71. The van der Waals surface area contributed by atoms with Crippen molar-refractivity contribution >= 4 is 29.4 Å². The lowest BCUT2D eigenvalue weighted by Crippen LogP contribution is -2.65. The number of piperazine rings is 1. The lowest BCUT2D eigenvalue weighted by atomic mass is 9.84. The second-order valence-corrected chi connectivity index (χ2v) is 11.0. The Morgan fingerprint density at radius 1 is 0.974 bits per heavy atom. The Hall–Kier alpha value is -3.34. The molecule has 3 N–H and O–H groups in total. The highest BCUT2D eigenvalue weighted by atomic mass is 16.5. The summed E-state index contributed by atoms with van der Waals surface area (Å²) in [5.74, 6) is -0.913. The van der Waals surface area contributed by atoms with Gasteiger partial charge in [0.05, 0.1) is 19.8 Å². The van der Waals surface area contributed by atoms with Crippen LogP contribution in [0, 0.1) is 5.92 Å². The molecule has 0 bridgehead atoms. The van der Waals surface area contributed by atoms with Crippen molar-refractivity contribution in [2.24, 2.45) is 11.7 Å². The molecule has 39 heavy (non-hydrogen) atoms. The molecule has 5 amide bonds. The third-order valence-electron chi connectivity index (χ3n) is 8.08. The summed E-state index contributed by atoms with van der Waals surface area (Å²) in [6, 6.07) is 5.27. The van der Waals surface area contributed by atoms with E-state index < -0.39 is 23.9 Å². The molecular formula is C28H42N6O5. The van der Waals surface area contributed by atoms with E-state index >= 15 is 0 Å². The Kier molecular flexibility index (Phi) is 9.66. The van der Waals surface area contributed by atoms with E-state index in [-0.39, 0.29) is 25.0 Å². The van der Waals surface area contributed by atoms with Crippen molar-refractivity contribution < 1.29 is 23.9 Å². The molecule has 2 aliphatic heterocycles. The van der Waals surface area contributed by atoms with Crippen molar-refractivity contribution in [3.8, 4) is 0 Å². The van der Waals surface area contributed by atoms with Gasteiger partial charge in [-0.15, -0.1) is 0 Å². The maximum absolute atomic E-state index is 13.7. The topological polar surface area (TPSA) is 129 Å². The van der Waals surface area contributed by atoms with Gasteiger partial charge in [0.15, 0.2) is 0 Å². The van der Waals surface area contributed by atoms with Crippen LogP contribution in [-0.2, 0) is 14.3 Å². The van der Waals surface area contributed by atoms with E-state index in [2.05, 4.69) is 5.32 Å². The van der Waals surface area contributed by atoms with Crippen molar-refractivity contribution in [2.45, 2.75) is 50.6 Å². The first-order chi connectivity index (χ1) is 18.7. The average molecular weight is 543 g/mol. The zero-order valence-electron chi connectivity index (χ0n) is 23.1. The summed E-state index contributed by atoms with van der Waals surface area (Å²) < 4.78 is 5.38. The highest BCUT2D eigenvalue weighted by molar-refractivity contribution is 5.96. The van der Waals surface area contributed by atoms with Crippen molar-refractivity contribution in [1.82, 2.24) is 20.0 Å². The number of nitrogens with zero attached hydrogens (tertiary/aromatic N) is 4. The van der Waals surface area contributed by atoms with E-state index in [0.29, 0.717) is 50.8 Å². The van der Waals surface area contributed by atoms with Crippen molar-refractivity contribution in [2.75, 3.05) is 64.9 Å². The van der Waals surface area contributed by atoms with Gasteiger partial charge in [0.25, 0.3) is 5.91 Å². The Bertz CT molecular complexity index is 1020. The summed E-state index contributed by atoms with van der Waals surface area (Å²) in [5, 5.41) is 2.85. The Labute approximate surface area is 230 Å². The molecule has 1 saturated carbocycles. The van der Waals surface area contributed by atoms with Gasteiger partial charge in [-0.05, 0) is 36.6 Å². The lowest BCUT2D eigenvalue weighted by molar-refractivity contribution is -0.132. The van der Waals surface area contributed by atoms with Crippen LogP contribution in [0.3, 0.4) is 0 Å². The number of primary amides is 1. The summed E-state index contributed by atoms with van der Waals surface area (Å²) in [6.07, 6.45) is 5.93. The normalized spacial score (nSPS) is 21.3. The fourth-order valence-electron chi connectivity index (χ4n) is 5.71. The zero-order valence-corrected chi connectivity index (χ0v) is 23.1. The predicted molar refractivity (Wildman–Crippen MR) is 147 cm³/mol. The van der Waals surface area contributed by atoms with Crippen LogP contribution in [0.15, 0.2) is 24.3 Å². The highest BCUT2D eigenvalue weighted by Crippen LogP contribution is 2.27. The zero-order chi connectivity index (χ0) is 27.9. The number of carbonyl (C=O) groups is 4. The van der Waals surface area contributed by atoms with Gasteiger partial charge in [-0.3, -0.25) is 14.4 Å². The van der Waals surface area contributed by atoms with Crippen LogP contribution < -0.4 is 16.0 Å². The molecule has 0 unspecified atom stereocenters. The molecule has 4 rings (SSSR count). The first kappa shape index (κ1) is 28.7. The number of anilines is 1. The van der Waals surface area contributed by atoms with Crippen LogP contribution in [0.25, 0.3) is 0 Å². The van der Waals surface area contributed by atoms with Crippen LogP contribution in [0.5, 0.6) is 0 Å². The average Bonchev–Trinajstić information content (AvgIpc) is 2.96. The molecule has 2 heterocycles. The number of hydrogen-bond donors (Lipinski definition) is 2. The molecule has 3 fully saturated rings. The number of nitrogens with one attached hydrogen (secondary N) is 1. The van der Waals surface area contributed by atoms with Crippen molar-refractivity contribution in [1.29, 1.82) is 0 Å². The number of carbonyl (C=O) groups excluding carboxylic acids is 4. The molecule has 0 aromatic heterocycles. The second-order valence-electron chi connectivity index (χ2n) is 11.0. The van der Waals surface area contributed by atoms with E-state index in [1.807, 2.05) is 31.1 Å². The predicted octanol–water partition coefficient (Wildman–Crippen LogP) is 1.27. The molecule has 1 aliphatic carbocycles. The van der Waals surface area contributed by atoms with Crippen LogP contribution in [-0.4, -0.2) is 111 Å². The number of amides is 5. The maximum atomic E-state index is 13.7. The molecule has 1 aromatic carbocycles. The Morgan fingerprint density at radius 3 is 2.26 bits per heavy atom. The number of nitrogens with two attached hydrogens (primary N) is 1. The number of urea groups is 1. The molecule has 2 atom stereocenters. The van der Waals surface area contributed by atoms with E-state index in [9.17, 15) is 19.2 Å². The van der Waals surface area contributed by atoms with E-state index in [1.54, 1.807) is 21.9 Å². The van der Waals surface area contributed by atoms with Crippen molar-refractivity contribution in [3.63, 3.8) is 0 Å². The summed E-state index contributed by atoms with van der Waals surface area (Å²) in [5.41, 5.74) is 7.19. The van der Waals surface area contributed by atoms with Crippen molar-refractivity contribution in [3.05, 3.63) is 29.8 Å². The molecule has 11 nitrogen and oxygen atoms in total. The van der Waals surface area contributed by atoms with Crippen LogP contribution in [0.2, 0.25) is 0 Å². The van der Waals surface area contributed by atoms with Gasteiger partial charge in [0, 0.05) is 51.5 Å². The molecular weight excluding hydrogens is 500 g/mol. The Balaban J connectivity index is 1.51. The van der Waals surface area contributed by atoms with Gasteiger partial charge in [-0.2, -0.15) is 0 Å². The van der Waals surface area contributed by atoms with Crippen LogP contribution in [0.1, 0.15) is 48.9 Å². The number of ether oxygens (including phenoxy) is 1. The van der Waals surface area contributed by atoms with Gasteiger partial charge < -0.3 is 35.4 Å². The molecule has 1 aromatic rings. The molecule has 0 spiro atoms. The largest absolute Gasteiger partial charge is 0.378 e. The molecule has 3 aliphatic rings. The number of morpholine rings is 1. The standard InChI is InChI=1S/C28H42N6O5/c1-31(2)22-10-8-21(9-11-22)27(37)33-12-13-34(28(38)32-14-16-39-17-15-32)24(19-33)26(36)30-23(25(29)35)18-20-6-4-3-5-7-20/h8-11,20,23-24H,3-7,12-19H2,1-2H3,(H2,29,35)(H,30,36)/t23-,24-/m0/s1. The number of hydrogen-bond acceptors (Lipinski definition) is 6. The van der Waals surface area contributed by atoms with Gasteiger partial charge >= 0.3 is 6.03 Å². The first-order valence-electron chi connectivity index (χ1n) is 14.0. The number of benzene rings is 1. The van der Waals surface area contributed by atoms with E-state index in [0.717, 1.165) is 31.4 Å². The van der Waals surface area contributed by atoms with E-state index in [1.165, 1.54) is 11.3 Å². The summed E-state index contributed by atoms with van der Waals surface area (Å²) in [4.78, 5) is 59.6. The molecule has 2 saturated heterocycles. The van der Waals surface area contributed by atoms with Gasteiger partial charge in [-0.25, -0.2) is 4.79 Å². The minimum absolute atomic E-state index is 0.0328. The summed E-state index contributed by atoms with van der Waals surface area (Å²) >= 11 is 0. The van der Waals surface area contributed by atoms with E-state index in [4.69, 9.17) is 10.5 Å². The second kappa shape index (κ2) is 13.1. The lowest BCUT2D eigenvalue weighted by Gasteiger charge is -2.43. The third kappa shape index (κ3) is 7.20. The van der Waals surface area contributed by atoms with Gasteiger partial charge in [0.1, 0.15) is 12.1 Å². The minimum Gasteiger partial charge on any atom is -0.378 e. The summed E-state index contributed by atoms with van der Waals surface area (Å²) in [6.45, 7) is 2.30. The third-order valence-corrected chi connectivity index (χ3v) is 8.08. The Morgan fingerprint density at radius 2 is 1.64 bits per heavy atom. The molecule has 0 radical (unpaired) electrons. The van der Waals surface area contributed by atoms with Crippen LogP contribution in [0.4, 0.5) is 10.5 Å². The van der Waals surface area contributed by atoms with Gasteiger partial charge in [-0.1, -0.05) is 32.1 Å². The minimum atomic E-state index is -0.938. The fraction of sp³-hybridized carbons (Fsp3) is 0.643. The maximum Gasteiger partial charge on any atom is 0.320 e. The smallest absolute Gasteiger partial charge is 0.320 e. The SMILES string of the molecule is CN(C)c1ccc(C(=O)N2CCN(C(=O)N3CCOCC3)[C@H](C(=O)N[C@@H](CC3CCCCC3)C(N)=O)C2)cc1. The van der Waals surface area contributed by atoms with Crippen LogP contribution >= 0.6 is 0 Å².